The molecule has 334 valence electrons. The second-order valence-corrected chi connectivity index (χ2v) is 17.7. The van der Waals surface area contributed by atoms with Crippen molar-refractivity contribution in [2.75, 3.05) is 65.7 Å². The van der Waals surface area contributed by atoms with Crippen LogP contribution in [-0.2, 0) is 35.0 Å². The van der Waals surface area contributed by atoms with Crippen molar-refractivity contribution in [1.29, 1.82) is 0 Å². The zero-order valence-electron chi connectivity index (χ0n) is 37.4. The van der Waals surface area contributed by atoms with E-state index in [9.17, 15) is 9.59 Å². The molecule has 10 nitrogen and oxygen atoms in total. The third-order valence-electron chi connectivity index (χ3n) is 13.6. The Labute approximate surface area is 378 Å². The molecule has 2 amide bonds. The molecule has 7 aliphatic rings. The van der Waals surface area contributed by atoms with Gasteiger partial charge in [-0.1, -0.05) is 118 Å². The number of carbonyl (C=O) groups is 2. The highest BCUT2D eigenvalue weighted by atomic mass is 16.5. The molecular formula is C54H62N4O6. The molecule has 1 heterocycles. The van der Waals surface area contributed by atoms with Gasteiger partial charge in [-0.15, -0.1) is 0 Å². The lowest BCUT2D eigenvalue weighted by atomic mass is 9.68. The van der Waals surface area contributed by atoms with E-state index < -0.39 is 12.2 Å². The Bertz CT molecular complexity index is 2380. The number of hydrogen-bond acceptors (Lipinski definition) is 8. The second-order valence-electron chi connectivity index (χ2n) is 17.7. The normalized spacial score (nSPS) is 26.9. The summed E-state index contributed by atoms with van der Waals surface area (Å²) in [5.41, 5.74) is 12.2. The van der Waals surface area contributed by atoms with E-state index in [1.807, 2.05) is 6.08 Å². The standard InChI is InChI=1S/C54H62N4O6/c1-5-25-57-27-31-61-35(3)52(54(60)56-46-24-20-42-16-14-38-10-8-12-40-18-22-44(46)50(42)48(38)40)64-34-30-58(26-6-2)28-32-62-36(4)51(63-33-29-57)53(59)55-45-23-19-41-15-13-37-9-7-11-39-17-21-43(45)49(41)47(37)39/h7-13,15,17-24,41,44,46,49,51-52H,3-6,14,16,25-34H2,1-2H3,(H,55,59)(H,56,60). The number of nitrogens with one attached hydrogen (secondary N) is 2. The minimum absolute atomic E-state index is 0.0334. The number of rotatable bonds is 8. The number of carbonyl (C=O) groups excluding carboxylic acids is 2. The lowest BCUT2D eigenvalue weighted by Gasteiger charge is -2.38. The quantitative estimate of drug-likeness (QED) is 0.278. The van der Waals surface area contributed by atoms with Gasteiger partial charge < -0.3 is 29.6 Å². The Balaban J connectivity index is 0.876. The van der Waals surface area contributed by atoms with E-state index in [1.54, 1.807) is 0 Å². The van der Waals surface area contributed by atoms with Crippen molar-refractivity contribution < 1.29 is 28.5 Å². The first-order chi connectivity index (χ1) is 31.3. The van der Waals surface area contributed by atoms with Gasteiger partial charge in [0.05, 0.1) is 19.3 Å². The predicted molar refractivity (Wildman–Crippen MR) is 253 cm³/mol. The number of aryl methyl sites for hydroxylation is 1. The third-order valence-corrected chi connectivity index (χ3v) is 13.6. The Kier molecular flexibility index (Phi) is 13.5. The monoisotopic (exact) mass is 862 g/mol. The van der Waals surface area contributed by atoms with E-state index in [0.29, 0.717) is 39.4 Å². The summed E-state index contributed by atoms with van der Waals surface area (Å²) in [6.07, 6.45) is 23.5. The fourth-order valence-electron chi connectivity index (χ4n) is 10.5. The molecule has 2 aromatic rings. The molecule has 2 N–H and O–H groups in total. The molecule has 1 aliphatic heterocycles. The van der Waals surface area contributed by atoms with E-state index in [2.05, 4.69) is 139 Å². The molecule has 0 aromatic heterocycles. The van der Waals surface area contributed by atoms with Gasteiger partial charge in [0.2, 0.25) is 0 Å². The zero-order valence-corrected chi connectivity index (χ0v) is 37.4. The number of allylic oxidation sites excluding steroid dienone is 7. The molecule has 0 bridgehead atoms. The van der Waals surface area contributed by atoms with Gasteiger partial charge in [0.25, 0.3) is 11.8 Å². The molecule has 64 heavy (non-hydrogen) atoms. The van der Waals surface area contributed by atoms with Crippen LogP contribution in [0.25, 0.3) is 23.8 Å². The summed E-state index contributed by atoms with van der Waals surface area (Å²) in [6, 6.07) is 12.7. The predicted octanol–water partition coefficient (Wildman–Crippen LogP) is 7.75. The van der Waals surface area contributed by atoms with Gasteiger partial charge in [-0.05, 0) is 94.9 Å². The number of benzene rings is 2. The van der Waals surface area contributed by atoms with Crippen molar-refractivity contribution in [3.63, 3.8) is 0 Å². The first kappa shape index (κ1) is 43.7. The molecule has 1 saturated heterocycles. The molecule has 10 heteroatoms. The highest BCUT2D eigenvalue weighted by Gasteiger charge is 2.38. The lowest BCUT2D eigenvalue weighted by Crippen LogP contribution is -2.47. The minimum Gasteiger partial charge on any atom is -0.494 e. The molecule has 6 unspecified atom stereocenters. The van der Waals surface area contributed by atoms with Crippen molar-refractivity contribution in [1.82, 2.24) is 20.4 Å². The van der Waals surface area contributed by atoms with Crippen LogP contribution in [0.2, 0.25) is 0 Å². The highest BCUT2D eigenvalue weighted by Crippen LogP contribution is 2.48. The molecule has 0 radical (unpaired) electrons. The number of nitrogens with zero attached hydrogens (tertiary/aromatic N) is 2. The van der Waals surface area contributed by atoms with E-state index in [4.69, 9.17) is 18.9 Å². The van der Waals surface area contributed by atoms with Crippen LogP contribution in [0.15, 0.2) is 120 Å². The fourth-order valence-corrected chi connectivity index (χ4v) is 10.5. The minimum atomic E-state index is -1.03. The Hall–Kier alpha value is -5.52. The third kappa shape index (κ3) is 9.07. The molecular weight excluding hydrogens is 801 g/mol. The maximum absolute atomic E-state index is 14.3. The molecule has 0 saturated carbocycles. The largest absolute Gasteiger partial charge is 0.494 e. The second kappa shape index (κ2) is 19.7. The zero-order chi connectivity index (χ0) is 44.2. The summed E-state index contributed by atoms with van der Waals surface area (Å²) in [5, 5.41) is 6.54. The summed E-state index contributed by atoms with van der Waals surface area (Å²) < 4.78 is 25.3. The molecule has 9 rings (SSSR count). The van der Waals surface area contributed by atoms with Crippen LogP contribution in [0, 0.1) is 11.8 Å². The van der Waals surface area contributed by atoms with Crippen LogP contribution >= 0.6 is 0 Å². The summed E-state index contributed by atoms with van der Waals surface area (Å²) in [6.45, 7) is 17.7. The number of ether oxygens (including phenoxy) is 4. The van der Waals surface area contributed by atoms with Gasteiger partial charge in [-0.3, -0.25) is 19.4 Å². The van der Waals surface area contributed by atoms with Gasteiger partial charge in [0.15, 0.2) is 12.2 Å². The molecule has 2 aromatic carbocycles. The molecule has 6 atom stereocenters. The highest BCUT2D eigenvalue weighted by molar-refractivity contribution is 5.90. The van der Waals surface area contributed by atoms with Crippen molar-refractivity contribution >= 4 is 35.6 Å². The summed E-state index contributed by atoms with van der Waals surface area (Å²) in [4.78, 5) is 33.0. The van der Waals surface area contributed by atoms with E-state index >= 15 is 0 Å². The molecule has 6 aliphatic carbocycles. The van der Waals surface area contributed by atoms with Crippen molar-refractivity contribution in [3.8, 4) is 0 Å². The van der Waals surface area contributed by atoms with E-state index in [0.717, 1.165) is 50.0 Å². The van der Waals surface area contributed by atoms with Gasteiger partial charge >= 0.3 is 0 Å². The summed E-state index contributed by atoms with van der Waals surface area (Å²) >= 11 is 0. The average Bonchev–Trinajstić information content (AvgIpc) is 3.30. The maximum Gasteiger partial charge on any atom is 0.261 e. The molecule has 0 spiro atoms. The van der Waals surface area contributed by atoms with Crippen LogP contribution in [0.1, 0.15) is 72.4 Å². The first-order valence-electron chi connectivity index (χ1n) is 23.4. The van der Waals surface area contributed by atoms with Crippen LogP contribution in [0.3, 0.4) is 0 Å². The number of hydrogen-bond donors (Lipinski definition) is 2. The lowest BCUT2D eigenvalue weighted by molar-refractivity contribution is -0.134. The van der Waals surface area contributed by atoms with Gasteiger partial charge in [-0.25, -0.2) is 0 Å². The van der Waals surface area contributed by atoms with Gasteiger partial charge in [0, 0.05) is 49.6 Å². The van der Waals surface area contributed by atoms with Crippen molar-refractivity contribution in [2.45, 2.75) is 63.7 Å². The van der Waals surface area contributed by atoms with Crippen LogP contribution < -0.4 is 10.6 Å². The SMILES string of the molecule is C=C1OCCN(CCC)CCOC(C(=O)NC2C=CC3=C4c5c(cccc5CC3)C=CC42)C(=C)OCCN(CCC)CCOC1C(=O)NC1=C2C=Cc3cccc4c3C2C(C=C1)C=C4. The van der Waals surface area contributed by atoms with E-state index in [1.165, 1.54) is 44.5 Å². The van der Waals surface area contributed by atoms with Crippen LogP contribution in [0.4, 0.5) is 0 Å². The van der Waals surface area contributed by atoms with Gasteiger partial charge in [0.1, 0.15) is 24.7 Å². The van der Waals surface area contributed by atoms with Crippen molar-refractivity contribution in [3.05, 3.63) is 154 Å². The summed E-state index contributed by atoms with van der Waals surface area (Å²) in [5.74, 6) is 0.350. The van der Waals surface area contributed by atoms with Crippen LogP contribution in [0.5, 0.6) is 0 Å². The Morgan fingerprint density at radius 2 is 1.31 bits per heavy atom. The Morgan fingerprint density at radius 1 is 0.688 bits per heavy atom. The summed E-state index contributed by atoms with van der Waals surface area (Å²) in [7, 11) is 0. The first-order valence-corrected chi connectivity index (χ1v) is 23.4. The van der Waals surface area contributed by atoms with Crippen molar-refractivity contribution in [2.24, 2.45) is 11.8 Å². The smallest absolute Gasteiger partial charge is 0.261 e. The topological polar surface area (TPSA) is 102 Å². The number of amides is 2. The van der Waals surface area contributed by atoms with Crippen LogP contribution in [-0.4, -0.2) is 106 Å². The molecule has 1 fully saturated rings. The average molecular weight is 863 g/mol. The maximum atomic E-state index is 14.3. The van der Waals surface area contributed by atoms with Gasteiger partial charge in [-0.2, -0.15) is 0 Å². The fraction of sp³-hybridized carbons (Fsp3) is 0.407. The van der Waals surface area contributed by atoms with E-state index in [-0.39, 0.29) is 60.3 Å². The Morgan fingerprint density at radius 3 is 2.03 bits per heavy atom.